The lowest BCUT2D eigenvalue weighted by molar-refractivity contribution is -0.119. The number of nitrogens with one attached hydrogen (secondary N) is 1. The van der Waals surface area contributed by atoms with Gasteiger partial charge in [-0.25, -0.2) is 0 Å². The number of nitrogens with zero attached hydrogens (tertiary/aromatic N) is 3. The summed E-state index contributed by atoms with van der Waals surface area (Å²) in [5.41, 5.74) is 0. The Labute approximate surface area is 127 Å². The van der Waals surface area contributed by atoms with Crippen molar-refractivity contribution in [3.05, 3.63) is 18.4 Å². The molecule has 0 aliphatic carbocycles. The molecule has 0 bridgehead atoms. The van der Waals surface area contributed by atoms with Crippen LogP contribution in [-0.2, 0) is 16.6 Å². The van der Waals surface area contributed by atoms with Crippen molar-refractivity contribution in [1.82, 2.24) is 20.1 Å². The summed E-state index contributed by atoms with van der Waals surface area (Å²) in [7, 11) is 3.44. The van der Waals surface area contributed by atoms with E-state index in [1.54, 1.807) is 24.0 Å². The van der Waals surface area contributed by atoms with Crippen molar-refractivity contribution in [2.24, 2.45) is 7.05 Å². The van der Waals surface area contributed by atoms with Crippen molar-refractivity contribution >= 4 is 17.7 Å². The Morgan fingerprint density at radius 3 is 3.05 bits per heavy atom. The molecule has 0 unspecified atom stereocenters. The minimum Gasteiger partial charge on any atom is -0.461 e. The fraction of sp³-hybridized carbons (Fsp3) is 0.462. The highest BCUT2D eigenvalue weighted by Crippen LogP contribution is 2.22. The fourth-order valence-electron chi connectivity index (χ4n) is 1.80. The van der Waals surface area contributed by atoms with Crippen molar-refractivity contribution < 1.29 is 13.9 Å². The molecule has 1 N–H and O–H groups in total. The van der Waals surface area contributed by atoms with Crippen LogP contribution in [0.4, 0.5) is 0 Å². The molecule has 0 fully saturated rings. The molecule has 2 rings (SSSR count). The van der Waals surface area contributed by atoms with E-state index in [1.165, 1.54) is 11.8 Å². The Hall–Kier alpha value is -1.80. The number of aromatic nitrogens is 3. The van der Waals surface area contributed by atoms with Crippen LogP contribution in [0, 0.1) is 0 Å². The minimum absolute atomic E-state index is 0.0127. The van der Waals surface area contributed by atoms with Crippen LogP contribution >= 0.6 is 11.8 Å². The van der Waals surface area contributed by atoms with Crippen LogP contribution in [0.3, 0.4) is 0 Å². The first kappa shape index (κ1) is 15.6. The van der Waals surface area contributed by atoms with E-state index in [2.05, 4.69) is 15.5 Å². The van der Waals surface area contributed by atoms with Gasteiger partial charge in [-0.3, -0.25) is 4.79 Å². The van der Waals surface area contributed by atoms with Gasteiger partial charge in [0.25, 0.3) is 0 Å². The zero-order chi connectivity index (χ0) is 15.2. The van der Waals surface area contributed by atoms with E-state index in [0.717, 1.165) is 0 Å². The standard InChI is InChI=1S/C13H18N4O3S/c1-9(7-19-3)14-11(18)8-21-13-16-15-12(17(13)2)10-5-4-6-20-10/h4-6,9H,7-8H2,1-3H3,(H,14,18)/t9-/m0/s1. The number of hydrogen-bond acceptors (Lipinski definition) is 6. The van der Waals surface area contributed by atoms with E-state index >= 15 is 0 Å². The quantitative estimate of drug-likeness (QED) is 0.777. The Kier molecular flexibility index (Phi) is 5.40. The molecule has 0 saturated carbocycles. The minimum atomic E-state index is -0.0629. The van der Waals surface area contributed by atoms with Crippen molar-refractivity contribution in [3.8, 4) is 11.6 Å². The lowest BCUT2D eigenvalue weighted by Crippen LogP contribution is -2.36. The topological polar surface area (TPSA) is 82.2 Å². The van der Waals surface area contributed by atoms with E-state index in [9.17, 15) is 4.79 Å². The van der Waals surface area contributed by atoms with Crippen LogP contribution in [0.25, 0.3) is 11.6 Å². The van der Waals surface area contributed by atoms with Crippen molar-refractivity contribution in [3.63, 3.8) is 0 Å². The summed E-state index contributed by atoms with van der Waals surface area (Å²) < 4.78 is 12.1. The van der Waals surface area contributed by atoms with Crippen molar-refractivity contribution in [2.75, 3.05) is 19.5 Å². The lowest BCUT2D eigenvalue weighted by Gasteiger charge is -2.12. The highest BCUT2D eigenvalue weighted by atomic mass is 32.2. The molecule has 2 heterocycles. The molecule has 0 aromatic carbocycles. The average molecular weight is 310 g/mol. The number of carbonyl (C=O) groups is 1. The van der Waals surface area contributed by atoms with Gasteiger partial charge in [-0.15, -0.1) is 10.2 Å². The van der Waals surface area contributed by atoms with Gasteiger partial charge in [0, 0.05) is 20.2 Å². The molecule has 7 nitrogen and oxygen atoms in total. The third-order valence-electron chi connectivity index (χ3n) is 2.73. The molecule has 0 aliphatic rings. The first-order valence-electron chi connectivity index (χ1n) is 6.46. The number of ether oxygens (including phenoxy) is 1. The molecular weight excluding hydrogens is 292 g/mol. The molecule has 0 radical (unpaired) electrons. The van der Waals surface area contributed by atoms with Crippen LogP contribution < -0.4 is 5.32 Å². The molecule has 114 valence electrons. The van der Waals surface area contributed by atoms with Gasteiger partial charge in [-0.05, 0) is 19.1 Å². The van der Waals surface area contributed by atoms with Gasteiger partial charge in [0.2, 0.25) is 5.91 Å². The molecule has 21 heavy (non-hydrogen) atoms. The second-order valence-corrected chi connectivity index (χ2v) is 5.50. The summed E-state index contributed by atoms with van der Waals surface area (Å²) >= 11 is 1.33. The molecular formula is C13H18N4O3S. The Balaban J connectivity index is 1.91. The van der Waals surface area contributed by atoms with Crippen molar-refractivity contribution in [1.29, 1.82) is 0 Å². The predicted molar refractivity (Wildman–Crippen MR) is 78.9 cm³/mol. The summed E-state index contributed by atoms with van der Waals surface area (Å²) in [6.07, 6.45) is 1.58. The second-order valence-electron chi connectivity index (χ2n) is 4.56. The number of carbonyl (C=O) groups excluding carboxylic acids is 1. The summed E-state index contributed by atoms with van der Waals surface area (Å²) in [5.74, 6) is 1.50. The SMILES string of the molecule is COC[C@H](C)NC(=O)CSc1nnc(-c2ccco2)n1C. The van der Waals surface area contributed by atoms with E-state index < -0.39 is 0 Å². The number of rotatable bonds is 7. The number of hydrogen-bond donors (Lipinski definition) is 1. The van der Waals surface area contributed by atoms with Crippen LogP contribution in [-0.4, -0.2) is 46.2 Å². The summed E-state index contributed by atoms with van der Waals surface area (Å²) in [6.45, 7) is 2.38. The summed E-state index contributed by atoms with van der Waals surface area (Å²) in [4.78, 5) is 11.8. The Bertz CT molecular complexity index is 582. The number of methoxy groups -OCH3 is 1. The maximum atomic E-state index is 11.8. The maximum Gasteiger partial charge on any atom is 0.230 e. The zero-order valence-electron chi connectivity index (χ0n) is 12.2. The highest BCUT2D eigenvalue weighted by Gasteiger charge is 2.15. The molecule has 1 atom stereocenters. The number of thioether (sulfide) groups is 1. The first-order valence-corrected chi connectivity index (χ1v) is 7.44. The van der Waals surface area contributed by atoms with Gasteiger partial charge in [-0.1, -0.05) is 11.8 Å². The van der Waals surface area contributed by atoms with E-state index in [-0.39, 0.29) is 17.7 Å². The largest absolute Gasteiger partial charge is 0.461 e. The van der Waals surface area contributed by atoms with Gasteiger partial charge in [0.05, 0.1) is 18.6 Å². The van der Waals surface area contributed by atoms with E-state index in [1.807, 2.05) is 20.0 Å². The molecule has 0 saturated heterocycles. The number of amides is 1. The zero-order valence-corrected chi connectivity index (χ0v) is 13.0. The monoisotopic (exact) mass is 310 g/mol. The Morgan fingerprint density at radius 2 is 2.38 bits per heavy atom. The molecule has 2 aromatic heterocycles. The Morgan fingerprint density at radius 1 is 1.57 bits per heavy atom. The van der Waals surface area contributed by atoms with Crippen molar-refractivity contribution in [2.45, 2.75) is 18.1 Å². The molecule has 0 aliphatic heterocycles. The molecule has 2 aromatic rings. The molecule has 0 spiro atoms. The van der Waals surface area contributed by atoms with Gasteiger partial charge < -0.3 is 19.0 Å². The summed E-state index contributed by atoms with van der Waals surface area (Å²) in [6, 6.07) is 3.60. The van der Waals surface area contributed by atoms with Crippen LogP contribution in [0.5, 0.6) is 0 Å². The highest BCUT2D eigenvalue weighted by molar-refractivity contribution is 7.99. The van der Waals surface area contributed by atoms with Crippen LogP contribution in [0.15, 0.2) is 28.0 Å². The van der Waals surface area contributed by atoms with Gasteiger partial charge in [0.1, 0.15) is 0 Å². The lowest BCUT2D eigenvalue weighted by atomic mass is 10.3. The second kappa shape index (κ2) is 7.28. The van der Waals surface area contributed by atoms with Crippen LogP contribution in [0.1, 0.15) is 6.92 Å². The van der Waals surface area contributed by atoms with Crippen LogP contribution in [0.2, 0.25) is 0 Å². The third kappa shape index (κ3) is 4.08. The fourth-order valence-corrected chi connectivity index (χ4v) is 2.52. The van der Waals surface area contributed by atoms with E-state index in [4.69, 9.17) is 9.15 Å². The first-order chi connectivity index (χ1) is 10.1. The van der Waals surface area contributed by atoms with Gasteiger partial charge in [-0.2, -0.15) is 0 Å². The normalized spacial score (nSPS) is 12.3. The average Bonchev–Trinajstić information content (AvgIpc) is 3.06. The van der Waals surface area contributed by atoms with Gasteiger partial charge >= 0.3 is 0 Å². The van der Waals surface area contributed by atoms with E-state index in [0.29, 0.717) is 23.3 Å². The molecule has 1 amide bonds. The maximum absolute atomic E-state index is 11.8. The van der Waals surface area contributed by atoms with Gasteiger partial charge in [0.15, 0.2) is 16.7 Å². The predicted octanol–water partition coefficient (Wildman–Crippen LogP) is 1.32. The number of furan rings is 1. The third-order valence-corrected chi connectivity index (χ3v) is 3.75. The smallest absolute Gasteiger partial charge is 0.230 e. The molecule has 8 heteroatoms. The summed E-state index contributed by atoms with van der Waals surface area (Å²) in [5, 5.41) is 11.7.